The van der Waals surface area contributed by atoms with Gasteiger partial charge in [-0.2, -0.15) is 0 Å². The third-order valence-corrected chi connectivity index (χ3v) is 6.45. The molecule has 2 bridgehead atoms. The maximum Gasteiger partial charge on any atom is 0.251 e. The highest BCUT2D eigenvalue weighted by Crippen LogP contribution is 2.21. The number of fused-ring (bicyclic) bond motifs is 2. The van der Waals surface area contributed by atoms with Crippen LogP contribution >= 0.6 is 0 Å². The normalized spacial score (nSPS) is 22.2. The maximum atomic E-state index is 13.1. The van der Waals surface area contributed by atoms with Crippen molar-refractivity contribution < 1.29 is 14.7 Å². The highest BCUT2D eigenvalue weighted by atomic mass is 16.3. The zero-order chi connectivity index (χ0) is 24.2. The molecule has 2 heterocycles. The molecule has 2 rings (SSSR count). The van der Waals surface area contributed by atoms with E-state index in [-0.39, 0.29) is 17.7 Å². The number of rotatable bonds is 7. The van der Waals surface area contributed by atoms with Crippen LogP contribution in [0.2, 0.25) is 0 Å². The summed E-state index contributed by atoms with van der Waals surface area (Å²) in [6, 6.07) is 3.14. The Morgan fingerprint density at radius 1 is 1.27 bits per heavy atom. The van der Waals surface area contributed by atoms with Crippen LogP contribution in [0.4, 0.5) is 5.82 Å². The first-order chi connectivity index (χ1) is 15.8. The number of pyridine rings is 1. The zero-order valence-electron chi connectivity index (χ0n) is 21.0. The van der Waals surface area contributed by atoms with Crippen LogP contribution in [0.3, 0.4) is 0 Å². The molecule has 0 spiro atoms. The topological polar surface area (TPSA) is 103 Å². The van der Waals surface area contributed by atoms with Crippen LogP contribution in [0.25, 0.3) is 0 Å². The number of nitrogens with one attached hydrogen (secondary N) is 3. The van der Waals surface area contributed by atoms with E-state index in [0.29, 0.717) is 36.7 Å². The molecule has 1 aliphatic heterocycles. The summed E-state index contributed by atoms with van der Waals surface area (Å²) in [7, 11) is 0. The summed E-state index contributed by atoms with van der Waals surface area (Å²) in [5.74, 6) is 0.503. The first-order valence-electron chi connectivity index (χ1n) is 12.8. The van der Waals surface area contributed by atoms with Crippen molar-refractivity contribution in [1.29, 1.82) is 0 Å². The van der Waals surface area contributed by atoms with Crippen LogP contribution in [0, 0.1) is 18.8 Å². The summed E-state index contributed by atoms with van der Waals surface area (Å²) < 4.78 is 0. The minimum Gasteiger partial charge on any atom is -0.391 e. The smallest absolute Gasteiger partial charge is 0.251 e. The summed E-state index contributed by atoms with van der Waals surface area (Å²) in [5.41, 5.74) is 1.31. The lowest BCUT2D eigenvalue weighted by molar-refractivity contribution is -0.125. The molecular formula is C26H44N4O3. The van der Waals surface area contributed by atoms with Crippen molar-refractivity contribution >= 4 is 17.6 Å². The number of carbonyl (C=O) groups excluding carboxylic acids is 2. The molecule has 4 N–H and O–H groups in total. The summed E-state index contributed by atoms with van der Waals surface area (Å²) in [6.07, 6.45) is 7.79. The lowest BCUT2D eigenvalue weighted by atomic mass is 9.89. The van der Waals surface area contributed by atoms with E-state index in [0.717, 1.165) is 50.8 Å². The molecule has 0 aliphatic carbocycles. The van der Waals surface area contributed by atoms with Crippen LogP contribution in [-0.4, -0.2) is 47.1 Å². The fourth-order valence-electron chi connectivity index (χ4n) is 4.39. The monoisotopic (exact) mass is 460 g/mol. The Kier molecular flexibility index (Phi) is 11.6. The summed E-state index contributed by atoms with van der Waals surface area (Å²) in [5, 5.41) is 20.4. The number of nitrogens with zero attached hydrogens (tertiary/aromatic N) is 1. The van der Waals surface area contributed by atoms with Gasteiger partial charge >= 0.3 is 0 Å². The van der Waals surface area contributed by atoms with E-state index in [1.165, 1.54) is 6.42 Å². The number of aliphatic hydroxyl groups excluding tert-OH is 1. The number of aliphatic hydroxyl groups is 1. The van der Waals surface area contributed by atoms with E-state index in [4.69, 9.17) is 0 Å². The van der Waals surface area contributed by atoms with Crippen LogP contribution in [0.5, 0.6) is 0 Å². The molecular weight excluding hydrogens is 416 g/mol. The average Bonchev–Trinajstić information content (AvgIpc) is 2.77. The second kappa shape index (κ2) is 14.2. The molecule has 33 heavy (non-hydrogen) atoms. The van der Waals surface area contributed by atoms with Crippen LogP contribution in [0.1, 0.15) is 94.6 Å². The van der Waals surface area contributed by atoms with Gasteiger partial charge in [-0.05, 0) is 50.7 Å². The number of amides is 2. The molecule has 0 aromatic carbocycles. The van der Waals surface area contributed by atoms with Crippen LogP contribution < -0.4 is 16.0 Å². The largest absolute Gasteiger partial charge is 0.391 e. The highest BCUT2D eigenvalue weighted by Gasteiger charge is 2.27. The quantitative estimate of drug-likeness (QED) is 0.457. The van der Waals surface area contributed by atoms with Gasteiger partial charge in [-0.1, -0.05) is 52.9 Å². The Hall–Kier alpha value is -2.15. The van der Waals surface area contributed by atoms with Crippen molar-refractivity contribution in [3.8, 4) is 0 Å². The SMILES string of the molecule is CCCCNC(=O)C(C)CC(O)[C@@H]1C[C@H](C)CCCCCCNc2cc(cc(C)n2)C(=O)N1. The van der Waals surface area contributed by atoms with Crippen molar-refractivity contribution in [3.63, 3.8) is 0 Å². The third-order valence-electron chi connectivity index (χ3n) is 6.45. The number of carbonyl (C=O) groups is 2. The number of unbranched alkanes of at least 4 members (excludes halogenated alkanes) is 1. The van der Waals surface area contributed by atoms with Gasteiger partial charge in [0.15, 0.2) is 0 Å². The first-order valence-corrected chi connectivity index (χ1v) is 12.8. The predicted octanol–water partition coefficient (Wildman–Crippen LogP) is 4.19. The Labute approximate surface area is 199 Å². The molecule has 186 valence electrons. The number of hydrogen-bond donors (Lipinski definition) is 4. The van der Waals surface area contributed by atoms with E-state index in [1.54, 1.807) is 12.1 Å². The maximum absolute atomic E-state index is 13.1. The molecule has 0 saturated heterocycles. The van der Waals surface area contributed by atoms with Crippen molar-refractivity contribution in [2.24, 2.45) is 11.8 Å². The molecule has 0 saturated carbocycles. The molecule has 0 fully saturated rings. The van der Waals surface area contributed by atoms with E-state index >= 15 is 0 Å². The van der Waals surface area contributed by atoms with Crippen molar-refractivity contribution in [2.45, 2.75) is 97.6 Å². The first kappa shape index (κ1) is 27.1. The molecule has 1 aliphatic rings. The van der Waals surface area contributed by atoms with Gasteiger partial charge in [0.25, 0.3) is 5.91 Å². The fraction of sp³-hybridized carbons (Fsp3) is 0.731. The molecule has 2 unspecified atom stereocenters. The molecule has 2 amide bonds. The van der Waals surface area contributed by atoms with E-state index < -0.39 is 12.1 Å². The van der Waals surface area contributed by atoms with Crippen molar-refractivity contribution in [3.05, 3.63) is 23.4 Å². The third kappa shape index (κ3) is 9.70. The summed E-state index contributed by atoms with van der Waals surface area (Å²) in [6.45, 7) is 9.48. The Morgan fingerprint density at radius 2 is 2.03 bits per heavy atom. The van der Waals surface area contributed by atoms with Gasteiger partial charge in [-0.3, -0.25) is 9.59 Å². The Morgan fingerprint density at radius 3 is 2.79 bits per heavy atom. The van der Waals surface area contributed by atoms with E-state index in [1.807, 2.05) is 13.8 Å². The van der Waals surface area contributed by atoms with Gasteiger partial charge in [-0.25, -0.2) is 4.98 Å². The predicted molar refractivity (Wildman–Crippen MR) is 133 cm³/mol. The Bertz CT molecular complexity index is 755. The number of aryl methyl sites for hydroxylation is 1. The molecule has 7 nitrogen and oxygen atoms in total. The second-order valence-corrected chi connectivity index (χ2v) is 9.78. The Balaban J connectivity index is 2.14. The number of hydrogen-bond acceptors (Lipinski definition) is 5. The minimum atomic E-state index is -0.792. The van der Waals surface area contributed by atoms with Gasteiger partial charge in [0.1, 0.15) is 5.82 Å². The standard InChI is InChI=1S/C26H44N4O3/c1-5-6-12-28-25(32)19(3)15-23(31)22-14-18(2)11-9-7-8-10-13-27-24-17-21(26(33)30-22)16-20(4)29-24/h16-19,22-23,31H,5-15H2,1-4H3,(H,27,29)(H,28,32)(H,30,33)/t18-,19?,22+,23?/m1/s1. The van der Waals surface area contributed by atoms with Gasteiger partial charge in [0.2, 0.25) is 5.91 Å². The van der Waals surface area contributed by atoms with Crippen molar-refractivity contribution in [1.82, 2.24) is 15.6 Å². The molecule has 4 atom stereocenters. The fourth-order valence-corrected chi connectivity index (χ4v) is 4.39. The van der Waals surface area contributed by atoms with E-state index in [2.05, 4.69) is 34.8 Å². The summed E-state index contributed by atoms with van der Waals surface area (Å²) >= 11 is 0. The molecule has 1 aromatic heterocycles. The zero-order valence-corrected chi connectivity index (χ0v) is 21.0. The van der Waals surface area contributed by atoms with Crippen LogP contribution in [0.15, 0.2) is 12.1 Å². The number of anilines is 1. The minimum absolute atomic E-state index is 0.0421. The average molecular weight is 461 g/mol. The molecule has 1 aromatic rings. The number of aromatic nitrogens is 1. The van der Waals surface area contributed by atoms with Crippen molar-refractivity contribution in [2.75, 3.05) is 18.4 Å². The van der Waals surface area contributed by atoms with Gasteiger partial charge in [0.05, 0.1) is 12.1 Å². The molecule has 0 radical (unpaired) electrons. The molecule has 7 heteroatoms. The highest BCUT2D eigenvalue weighted by molar-refractivity contribution is 5.95. The van der Waals surface area contributed by atoms with Gasteiger partial charge < -0.3 is 21.1 Å². The second-order valence-electron chi connectivity index (χ2n) is 9.78. The lowest BCUT2D eigenvalue weighted by Gasteiger charge is -2.28. The van der Waals surface area contributed by atoms with E-state index in [9.17, 15) is 14.7 Å². The summed E-state index contributed by atoms with van der Waals surface area (Å²) in [4.78, 5) is 30.0. The lowest BCUT2D eigenvalue weighted by Crippen LogP contribution is -2.46. The van der Waals surface area contributed by atoms with Gasteiger partial charge in [0, 0.05) is 30.3 Å². The van der Waals surface area contributed by atoms with Gasteiger partial charge in [-0.15, -0.1) is 0 Å². The van der Waals surface area contributed by atoms with Crippen LogP contribution in [-0.2, 0) is 4.79 Å².